The molecule has 0 saturated carbocycles. The predicted molar refractivity (Wildman–Crippen MR) is 104 cm³/mol. The number of quaternary nitrogens is 1. The molecule has 26 heavy (non-hydrogen) atoms. The van der Waals surface area contributed by atoms with Crippen molar-refractivity contribution in [3.05, 3.63) is 29.3 Å². The molecular formula is C18H25ClN3O3S+. The molecule has 1 amide bonds. The Labute approximate surface area is 163 Å². The minimum absolute atomic E-state index is 0.130. The summed E-state index contributed by atoms with van der Waals surface area (Å²) >= 11 is 7.64. The van der Waals surface area contributed by atoms with Gasteiger partial charge in [-0.25, -0.2) is 0 Å². The van der Waals surface area contributed by atoms with E-state index in [2.05, 4.69) is 11.0 Å². The van der Waals surface area contributed by atoms with E-state index >= 15 is 0 Å². The molecule has 2 fully saturated rings. The van der Waals surface area contributed by atoms with E-state index in [-0.39, 0.29) is 17.1 Å². The third-order valence-electron chi connectivity index (χ3n) is 4.93. The highest BCUT2D eigenvalue weighted by atomic mass is 35.5. The lowest BCUT2D eigenvalue weighted by Crippen LogP contribution is -3.16. The number of amides is 1. The molecule has 0 bridgehead atoms. The number of benzene rings is 1. The number of methoxy groups -OCH3 is 1. The molecule has 1 aromatic rings. The second-order valence-corrected chi connectivity index (χ2v) is 8.36. The highest BCUT2D eigenvalue weighted by Crippen LogP contribution is 2.20. The van der Waals surface area contributed by atoms with Gasteiger partial charge in [-0.2, -0.15) is 0 Å². The van der Waals surface area contributed by atoms with Gasteiger partial charge in [-0.15, -0.1) is 11.8 Å². The molecule has 0 spiro atoms. The maximum absolute atomic E-state index is 12.6. The molecule has 8 heteroatoms. The summed E-state index contributed by atoms with van der Waals surface area (Å²) in [6, 6.07) is 7.90. The monoisotopic (exact) mass is 398 g/mol. The zero-order chi connectivity index (χ0) is 18.5. The summed E-state index contributed by atoms with van der Waals surface area (Å²) in [4.78, 5) is 29.8. The number of rotatable bonds is 4. The molecule has 1 N–H and O–H groups in total. The van der Waals surface area contributed by atoms with Gasteiger partial charge in [0.2, 0.25) is 0 Å². The van der Waals surface area contributed by atoms with Crippen LogP contribution < -0.4 is 9.80 Å². The van der Waals surface area contributed by atoms with E-state index in [4.69, 9.17) is 16.3 Å². The van der Waals surface area contributed by atoms with Crippen LogP contribution in [0, 0.1) is 0 Å². The first kappa shape index (κ1) is 19.3. The van der Waals surface area contributed by atoms with Gasteiger partial charge in [0.1, 0.15) is 5.25 Å². The number of piperazine rings is 1. The van der Waals surface area contributed by atoms with Crippen molar-refractivity contribution in [1.82, 2.24) is 4.90 Å². The molecule has 142 valence electrons. The topological polar surface area (TPSA) is 54.3 Å². The van der Waals surface area contributed by atoms with Crippen LogP contribution in [0.25, 0.3) is 0 Å². The molecule has 6 nitrogen and oxygen atoms in total. The number of ether oxygens (including phenoxy) is 1. The van der Waals surface area contributed by atoms with E-state index in [0.29, 0.717) is 19.6 Å². The number of halogens is 1. The number of hydrogen-bond donors (Lipinski definition) is 1. The molecule has 2 aliphatic heterocycles. The number of anilines is 1. The van der Waals surface area contributed by atoms with Gasteiger partial charge in [0.25, 0.3) is 5.91 Å². The molecule has 0 unspecified atom stereocenters. The maximum Gasteiger partial charge on any atom is 0.320 e. The van der Waals surface area contributed by atoms with E-state index in [1.807, 2.05) is 23.1 Å². The molecule has 2 saturated heterocycles. The van der Waals surface area contributed by atoms with Crippen LogP contribution in [-0.2, 0) is 14.3 Å². The second kappa shape index (κ2) is 8.97. The molecule has 0 aliphatic carbocycles. The summed E-state index contributed by atoms with van der Waals surface area (Å²) in [7, 11) is 1.40. The van der Waals surface area contributed by atoms with Crippen LogP contribution in [0.15, 0.2) is 24.3 Å². The van der Waals surface area contributed by atoms with Gasteiger partial charge in [0.05, 0.1) is 33.3 Å². The van der Waals surface area contributed by atoms with Gasteiger partial charge >= 0.3 is 5.97 Å². The van der Waals surface area contributed by atoms with Crippen LogP contribution in [0.2, 0.25) is 5.02 Å². The van der Waals surface area contributed by atoms with Gasteiger partial charge in [-0.1, -0.05) is 17.7 Å². The Bertz CT molecular complexity index is 652. The summed E-state index contributed by atoms with van der Waals surface area (Å²) in [5.74, 6) is 0.670. The van der Waals surface area contributed by atoms with Crippen LogP contribution >= 0.6 is 23.4 Å². The molecule has 1 aromatic carbocycles. The molecule has 1 atom stereocenters. The Morgan fingerprint density at radius 3 is 2.77 bits per heavy atom. The van der Waals surface area contributed by atoms with Gasteiger partial charge < -0.3 is 19.4 Å². The zero-order valence-electron chi connectivity index (χ0n) is 14.9. The van der Waals surface area contributed by atoms with Gasteiger partial charge in [-0.3, -0.25) is 9.59 Å². The average Bonchev–Trinajstić information content (AvgIpc) is 2.68. The Kier molecular flexibility index (Phi) is 6.67. The fraction of sp³-hybridized carbons (Fsp3) is 0.556. The molecular weight excluding hydrogens is 374 g/mol. The molecule has 0 aromatic heterocycles. The number of nitrogens with zero attached hydrogens (tertiary/aromatic N) is 2. The van der Waals surface area contributed by atoms with Crippen molar-refractivity contribution in [2.75, 3.05) is 63.6 Å². The lowest BCUT2D eigenvalue weighted by atomic mass is 10.2. The number of carbonyl (C=O) groups is 2. The third-order valence-corrected chi connectivity index (χ3v) is 6.33. The highest BCUT2D eigenvalue weighted by molar-refractivity contribution is 8.00. The van der Waals surface area contributed by atoms with Crippen LogP contribution in [-0.4, -0.2) is 80.7 Å². The molecule has 2 aliphatic rings. The fourth-order valence-electron chi connectivity index (χ4n) is 3.41. The van der Waals surface area contributed by atoms with Gasteiger partial charge in [0, 0.05) is 29.6 Å². The fourth-order valence-corrected chi connectivity index (χ4v) is 4.72. The Morgan fingerprint density at radius 1 is 1.31 bits per heavy atom. The Hall–Kier alpha value is -1.44. The maximum atomic E-state index is 12.6. The number of nitrogens with one attached hydrogen (secondary N) is 1. The van der Waals surface area contributed by atoms with Crippen LogP contribution in [0.3, 0.4) is 0 Å². The first-order valence-electron chi connectivity index (χ1n) is 8.88. The van der Waals surface area contributed by atoms with Crippen molar-refractivity contribution in [1.29, 1.82) is 0 Å². The number of esters is 1. The zero-order valence-corrected chi connectivity index (χ0v) is 16.5. The summed E-state index contributed by atoms with van der Waals surface area (Å²) in [5.41, 5.74) is 1.14. The lowest BCUT2D eigenvalue weighted by molar-refractivity contribution is -0.892. The van der Waals surface area contributed by atoms with Crippen molar-refractivity contribution in [2.45, 2.75) is 5.25 Å². The van der Waals surface area contributed by atoms with E-state index in [9.17, 15) is 9.59 Å². The highest BCUT2D eigenvalue weighted by Gasteiger charge is 2.32. The third kappa shape index (κ3) is 4.84. The summed E-state index contributed by atoms with van der Waals surface area (Å²) < 4.78 is 4.81. The largest absolute Gasteiger partial charge is 0.468 e. The van der Waals surface area contributed by atoms with E-state index < -0.39 is 0 Å². The Balaban J connectivity index is 1.48. The standard InChI is InChI=1S/C18H24ClN3O3S/c1-25-18(24)16-12-22(9-10-26-16)17(23)13-20-5-7-21(8-6-20)15-4-2-3-14(19)11-15/h2-4,11,16H,5-10,12-13H2,1H3/p+1/t16-/m0/s1. The summed E-state index contributed by atoms with van der Waals surface area (Å²) in [6.45, 7) is 5.30. The first-order chi connectivity index (χ1) is 12.6. The van der Waals surface area contributed by atoms with E-state index in [1.165, 1.54) is 12.0 Å². The van der Waals surface area contributed by atoms with Gasteiger partial charge in [0.15, 0.2) is 6.54 Å². The molecule has 0 radical (unpaired) electrons. The molecule has 3 rings (SSSR count). The minimum Gasteiger partial charge on any atom is -0.468 e. The SMILES string of the molecule is COC(=O)[C@@H]1CN(C(=O)C[NH+]2CCN(c3cccc(Cl)c3)CC2)CCS1. The first-order valence-corrected chi connectivity index (χ1v) is 10.3. The van der Waals surface area contributed by atoms with Gasteiger partial charge in [-0.05, 0) is 18.2 Å². The summed E-state index contributed by atoms with van der Waals surface area (Å²) in [6.07, 6.45) is 0. The predicted octanol–water partition coefficient (Wildman–Crippen LogP) is 0.162. The number of thioether (sulfide) groups is 1. The Morgan fingerprint density at radius 2 is 2.08 bits per heavy atom. The average molecular weight is 399 g/mol. The summed E-state index contributed by atoms with van der Waals surface area (Å²) in [5, 5.41) is 0.489. The second-order valence-electron chi connectivity index (χ2n) is 6.62. The van der Waals surface area contributed by atoms with Crippen molar-refractivity contribution < 1.29 is 19.2 Å². The van der Waals surface area contributed by atoms with E-state index in [0.717, 1.165) is 42.6 Å². The quantitative estimate of drug-likeness (QED) is 0.732. The molecule has 2 heterocycles. The number of hydrogen-bond acceptors (Lipinski definition) is 5. The lowest BCUT2D eigenvalue weighted by Gasteiger charge is -2.35. The normalized spacial score (nSPS) is 21.5. The van der Waals surface area contributed by atoms with Crippen LogP contribution in [0.1, 0.15) is 0 Å². The van der Waals surface area contributed by atoms with Crippen molar-refractivity contribution in [3.63, 3.8) is 0 Å². The number of carbonyl (C=O) groups excluding carboxylic acids is 2. The van der Waals surface area contributed by atoms with Crippen molar-refractivity contribution in [2.24, 2.45) is 0 Å². The van der Waals surface area contributed by atoms with Crippen LogP contribution in [0.5, 0.6) is 0 Å². The minimum atomic E-state index is -0.257. The van der Waals surface area contributed by atoms with E-state index in [1.54, 1.807) is 11.8 Å². The smallest absolute Gasteiger partial charge is 0.320 e. The van der Waals surface area contributed by atoms with Crippen molar-refractivity contribution in [3.8, 4) is 0 Å². The van der Waals surface area contributed by atoms with Crippen molar-refractivity contribution >= 4 is 40.9 Å². The van der Waals surface area contributed by atoms with Crippen LogP contribution in [0.4, 0.5) is 5.69 Å².